The number of hydrogen-bond acceptors (Lipinski definition) is 2. The molecule has 0 amide bonds. The fourth-order valence-corrected chi connectivity index (χ4v) is 4.01. The SMILES string of the molecule is COc1ccc(-n2c(-c3ccccc3)cc3c4ccccc4n(C)c(=O)c32)cc1. The highest BCUT2D eigenvalue weighted by Crippen LogP contribution is 2.34. The quantitative estimate of drug-likeness (QED) is 0.434. The molecule has 4 nitrogen and oxygen atoms in total. The lowest BCUT2D eigenvalue weighted by atomic mass is 10.1. The second-order valence-corrected chi connectivity index (χ2v) is 7.07. The average Bonchev–Trinajstić information content (AvgIpc) is 3.19. The molecule has 0 saturated heterocycles. The van der Waals surface area contributed by atoms with E-state index in [4.69, 9.17) is 4.74 Å². The van der Waals surface area contributed by atoms with Crippen LogP contribution in [-0.2, 0) is 7.05 Å². The zero-order valence-corrected chi connectivity index (χ0v) is 16.3. The maximum absolute atomic E-state index is 13.4. The molecule has 0 saturated carbocycles. The van der Waals surface area contributed by atoms with Crippen LogP contribution >= 0.6 is 0 Å². The summed E-state index contributed by atoms with van der Waals surface area (Å²) in [5.41, 5.74) is 4.56. The van der Waals surface area contributed by atoms with Gasteiger partial charge in [-0.05, 0) is 42.0 Å². The molecule has 0 fully saturated rings. The molecule has 0 aliphatic heterocycles. The number of aromatic nitrogens is 2. The van der Waals surface area contributed by atoms with E-state index in [-0.39, 0.29) is 5.56 Å². The van der Waals surface area contributed by atoms with Gasteiger partial charge in [0, 0.05) is 23.5 Å². The molecule has 2 aromatic heterocycles. The molecule has 3 aromatic carbocycles. The van der Waals surface area contributed by atoms with Crippen molar-refractivity contribution in [1.82, 2.24) is 9.13 Å². The first-order valence-corrected chi connectivity index (χ1v) is 9.52. The van der Waals surface area contributed by atoms with Crippen molar-refractivity contribution < 1.29 is 4.74 Å². The lowest BCUT2D eigenvalue weighted by Crippen LogP contribution is -2.19. The molecule has 0 aliphatic carbocycles. The highest BCUT2D eigenvalue weighted by Gasteiger charge is 2.19. The molecule has 2 heterocycles. The van der Waals surface area contributed by atoms with E-state index in [1.54, 1.807) is 11.7 Å². The Morgan fingerprint density at radius 2 is 1.48 bits per heavy atom. The topological polar surface area (TPSA) is 36.2 Å². The third-order valence-electron chi connectivity index (χ3n) is 5.46. The first-order chi connectivity index (χ1) is 14.2. The molecule has 5 rings (SSSR count). The van der Waals surface area contributed by atoms with Crippen LogP contribution in [0.5, 0.6) is 5.75 Å². The second kappa shape index (κ2) is 6.67. The van der Waals surface area contributed by atoms with E-state index in [2.05, 4.69) is 28.8 Å². The van der Waals surface area contributed by atoms with Gasteiger partial charge >= 0.3 is 0 Å². The minimum Gasteiger partial charge on any atom is -0.497 e. The first-order valence-electron chi connectivity index (χ1n) is 9.52. The fraction of sp³-hybridized carbons (Fsp3) is 0.0800. The summed E-state index contributed by atoms with van der Waals surface area (Å²) < 4.78 is 9.10. The van der Waals surface area contributed by atoms with E-state index in [1.807, 2.05) is 67.7 Å². The van der Waals surface area contributed by atoms with Gasteiger partial charge in [-0.3, -0.25) is 4.79 Å². The van der Waals surface area contributed by atoms with Crippen molar-refractivity contribution >= 4 is 21.8 Å². The number of pyridine rings is 1. The number of aryl methyl sites for hydroxylation is 1. The van der Waals surface area contributed by atoms with Crippen molar-refractivity contribution in [2.75, 3.05) is 7.11 Å². The van der Waals surface area contributed by atoms with Crippen molar-refractivity contribution in [3.8, 4) is 22.7 Å². The second-order valence-electron chi connectivity index (χ2n) is 7.07. The lowest BCUT2D eigenvalue weighted by molar-refractivity contribution is 0.415. The summed E-state index contributed by atoms with van der Waals surface area (Å²) >= 11 is 0. The van der Waals surface area contributed by atoms with E-state index in [1.165, 1.54) is 0 Å². The number of benzene rings is 3. The van der Waals surface area contributed by atoms with E-state index >= 15 is 0 Å². The predicted octanol–water partition coefficient (Wildman–Crippen LogP) is 5.16. The maximum Gasteiger partial charge on any atom is 0.275 e. The van der Waals surface area contributed by atoms with Crippen LogP contribution in [0.4, 0.5) is 0 Å². The van der Waals surface area contributed by atoms with Crippen LogP contribution in [0.2, 0.25) is 0 Å². The molecular weight excluding hydrogens is 360 g/mol. The zero-order valence-electron chi connectivity index (χ0n) is 16.3. The highest BCUT2D eigenvalue weighted by atomic mass is 16.5. The van der Waals surface area contributed by atoms with Gasteiger partial charge in [-0.15, -0.1) is 0 Å². The highest BCUT2D eigenvalue weighted by molar-refractivity contribution is 6.07. The Balaban J connectivity index is 1.96. The van der Waals surface area contributed by atoms with Crippen LogP contribution in [0.3, 0.4) is 0 Å². The minimum atomic E-state index is -0.0169. The Bertz CT molecular complexity index is 1390. The fourth-order valence-electron chi connectivity index (χ4n) is 4.01. The molecule has 0 N–H and O–H groups in total. The van der Waals surface area contributed by atoms with Crippen LogP contribution in [0.25, 0.3) is 38.8 Å². The van der Waals surface area contributed by atoms with E-state index < -0.39 is 0 Å². The smallest absolute Gasteiger partial charge is 0.275 e. The lowest BCUT2D eigenvalue weighted by Gasteiger charge is -2.13. The number of nitrogens with zero attached hydrogens (tertiary/aromatic N) is 2. The molecule has 0 radical (unpaired) electrons. The summed E-state index contributed by atoms with van der Waals surface area (Å²) in [4.78, 5) is 13.4. The summed E-state index contributed by atoms with van der Waals surface area (Å²) in [7, 11) is 3.48. The molecule has 0 aliphatic rings. The van der Waals surface area contributed by atoms with Crippen LogP contribution in [0.15, 0.2) is 89.7 Å². The van der Waals surface area contributed by atoms with Crippen molar-refractivity contribution in [3.63, 3.8) is 0 Å². The molecular formula is C25H20N2O2. The number of ether oxygens (including phenoxy) is 1. The summed E-state index contributed by atoms with van der Waals surface area (Å²) in [5.74, 6) is 0.782. The number of methoxy groups -OCH3 is 1. The normalized spacial score (nSPS) is 11.2. The number of hydrogen-bond donors (Lipinski definition) is 0. The van der Waals surface area contributed by atoms with Crippen LogP contribution < -0.4 is 10.3 Å². The van der Waals surface area contributed by atoms with Crippen LogP contribution in [0, 0.1) is 0 Å². The summed E-state index contributed by atoms with van der Waals surface area (Å²) in [6, 6.07) is 28.1. The Morgan fingerprint density at radius 1 is 0.793 bits per heavy atom. The number of fused-ring (bicyclic) bond motifs is 3. The average molecular weight is 380 g/mol. The molecule has 0 spiro atoms. The van der Waals surface area contributed by atoms with Gasteiger partial charge in [-0.2, -0.15) is 0 Å². The molecule has 0 atom stereocenters. The van der Waals surface area contributed by atoms with Crippen LogP contribution in [-0.4, -0.2) is 16.2 Å². The van der Waals surface area contributed by atoms with Gasteiger partial charge in [-0.25, -0.2) is 0 Å². The molecule has 5 aromatic rings. The van der Waals surface area contributed by atoms with E-state index in [0.29, 0.717) is 5.52 Å². The molecule has 4 heteroatoms. The summed E-state index contributed by atoms with van der Waals surface area (Å²) in [6.07, 6.45) is 0. The third kappa shape index (κ3) is 2.64. The Kier molecular flexibility index (Phi) is 3.98. The van der Waals surface area contributed by atoms with Gasteiger partial charge in [0.25, 0.3) is 5.56 Å². The number of para-hydroxylation sites is 1. The summed E-state index contributed by atoms with van der Waals surface area (Å²) in [5, 5.41) is 2.02. The van der Waals surface area contributed by atoms with Gasteiger partial charge in [0.2, 0.25) is 0 Å². The monoisotopic (exact) mass is 380 g/mol. The Labute approximate surface area is 168 Å². The first kappa shape index (κ1) is 17.3. The molecule has 0 unspecified atom stereocenters. The number of rotatable bonds is 3. The predicted molar refractivity (Wildman–Crippen MR) is 118 cm³/mol. The maximum atomic E-state index is 13.4. The van der Waals surface area contributed by atoms with Gasteiger partial charge in [-0.1, -0.05) is 48.5 Å². The van der Waals surface area contributed by atoms with Gasteiger partial charge < -0.3 is 13.9 Å². The van der Waals surface area contributed by atoms with Crippen molar-refractivity contribution in [1.29, 1.82) is 0 Å². The van der Waals surface area contributed by atoms with Gasteiger partial charge in [0.1, 0.15) is 11.3 Å². The zero-order chi connectivity index (χ0) is 20.0. The molecule has 0 bridgehead atoms. The van der Waals surface area contributed by atoms with Crippen molar-refractivity contribution in [2.24, 2.45) is 7.05 Å². The molecule has 142 valence electrons. The van der Waals surface area contributed by atoms with Gasteiger partial charge in [0.15, 0.2) is 0 Å². The standard InChI is InChI=1S/C25H20N2O2/c1-26-22-11-7-6-10-20(22)21-16-23(17-8-4-3-5-9-17)27(24(21)25(26)28)18-12-14-19(29-2)15-13-18/h3-16H,1-2H3. The Hall–Kier alpha value is -3.79. The van der Waals surface area contributed by atoms with Crippen molar-refractivity contribution in [3.05, 3.63) is 95.3 Å². The van der Waals surface area contributed by atoms with E-state index in [0.717, 1.165) is 39.0 Å². The van der Waals surface area contributed by atoms with E-state index in [9.17, 15) is 4.79 Å². The molecule has 29 heavy (non-hydrogen) atoms. The van der Waals surface area contributed by atoms with Crippen LogP contribution in [0.1, 0.15) is 0 Å². The third-order valence-corrected chi connectivity index (χ3v) is 5.46. The van der Waals surface area contributed by atoms with Crippen molar-refractivity contribution in [2.45, 2.75) is 0 Å². The summed E-state index contributed by atoms with van der Waals surface area (Å²) in [6.45, 7) is 0. The largest absolute Gasteiger partial charge is 0.497 e. The minimum absolute atomic E-state index is 0.0169. The van der Waals surface area contributed by atoms with Gasteiger partial charge in [0.05, 0.1) is 18.3 Å². The Morgan fingerprint density at radius 3 is 2.21 bits per heavy atom.